The second-order valence-electron chi connectivity index (χ2n) is 8.09. The van der Waals surface area contributed by atoms with Crippen molar-refractivity contribution < 1.29 is 19.4 Å². The number of nitrogens with one attached hydrogen (secondary N) is 2. The van der Waals surface area contributed by atoms with Crippen LogP contribution in [-0.2, 0) is 20.1 Å². The van der Waals surface area contributed by atoms with Crippen LogP contribution in [-0.4, -0.2) is 28.9 Å². The number of aliphatic hydroxyl groups excluding tert-OH is 1. The van der Waals surface area contributed by atoms with E-state index in [0.29, 0.717) is 11.1 Å². The fourth-order valence-corrected chi connectivity index (χ4v) is 3.84. The number of rotatable bonds is 6. The summed E-state index contributed by atoms with van der Waals surface area (Å²) < 4.78 is 6.30. The van der Waals surface area contributed by atoms with Gasteiger partial charge >= 0.3 is 0 Å². The number of benzene rings is 1. The Bertz CT molecular complexity index is 958. The van der Waals surface area contributed by atoms with Crippen LogP contribution in [0.2, 0.25) is 0 Å². The van der Waals surface area contributed by atoms with E-state index < -0.39 is 23.4 Å². The summed E-state index contributed by atoms with van der Waals surface area (Å²) in [6.07, 6.45) is 5.05. The lowest BCUT2D eigenvalue weighted by Crippen LogP contribution is -2.57. The van der Waals surface area contributed by atoms with E-state index in [0.717, 1.165) is 32.1 Å². The number of carbonyl (C=O) groups excluding carboxylic acids is 2. The molecule has 2 amide bonds. The molecule has 1 saturated carbocycles. The third-order valence-electron chi connectivity index (χ3n) is 5.43. The Hall–Kier alpha value is -3.19. The second-order valence-corrected chi connectivity index (χ2v) is 8.09. The lowest BCUT2D eigenvalue weighted by atomic mass is 9.88. The molecule has 1 aliphatic heterocycles. The van der Waals surface area contributed by atoms with Crippen molar-refractivity contribution in [3.63, 3.8) is 0 Å². The Morgan fingerprint density at radius 2 is 1.77 bits per heavy atom. The largest absolute Gasteiger partial charge is 0.493 e. The van der Waals surface area contributed by atoms with E-state index in [4.69, 9.17) is 4.74 Å². The van der Waals surface area contributed by atoms with Gasteiger partial charge in [0.05, 0.1) is 0 Å². The predicted octanol–water partition coefficient (Wildman–Crippen LogP) is 3.76. The zero-order valence-electron chi connectivity index (χ0n) is 18.0. The van der Waals surface area contributed by atoms with E-state index in [9.17, 15) is 14.7 Å². The molecule has 1 aliphatic carbocycles. The van der Waals surface area contributed by atoms with Gasteiger partial charge in [0.15, 0.2) is 0 Å². The minimum absolute atomic E-state index is 0.0471. The molecule has 3 rings (SSSR count). The molecule has 0 aromatic heterocycles. The average Bonchev–Trinajstić information content (AvgIpc) is 2.74. The Morgan fingerprint density at radius 1 is 1.13 bits per heavy atom. The molecule has 31 heavy (non-hydrogen) atoms. The van der Waals surface area contributed by atoms with Gasteiger partial charge in [-0.25, -0.2) is 0 Å². The van der Waals surface area contributed by atoms with Crippen molar-refractivity contribution in [1.82, 2.24) is 10.6 Å². The molecule has 0 spiro atoms. The van der Waals surface area contributed by atoms with Gasteiger partial charge in [0.2, 0.25) is 17.5 Å². The number of nitrogens with zero attached hydrogens (tertiary/aromatic N) is 1. The molecule has 1 aromatic rings. The SMILES string of the molecule is C=C(C)C(=O)NC(=O)C1=C(O)N=C(C(=C)C)OC1(NC1CCCCC1)c1ccccc1. The summed E-state index contributed by atoms with van der Waals surface area (Å²) in [5, 5.41) is 16.6. The van der Waals surface area contributed by atoms with Gasteiger partial charge in [-0.15, -0.1) is 0 Å². The Labute approximate surface area is 182 Å². The van der Waals surface area contributed by atoms with E-state index >= 15 is 0 Å². The van der Waals surface area contributed by atoms with Gasteiger partial charge in [0.1, 0.15) is 5.57 Å². The molecule has 7 heteroatoms. The first kappa shape index (κ1) is 22.5. The van der Waals surface area contributed by atoms with Crippen molar-refractivity contribution in [2.75, 3.05) is 0 Å². The molecule has 0 radical (unpaired) electrons. The van der Waals surface area contributed by atoms with Crippen LogP contribution in [0.25, 0.3) is 0 Å². The van der Waals surface area contributed by atoms with Crippen LogP contribution in [0.4, 0.5) is 0 Å². The summed E-state index contributed by atoms with van der Waals surface area (Å²) in [5.74, 6) is -1.85. The summed E-state index contributed by atoms with van der Waals surface area (Å²) in [5.41, 5.74) is -0.447. The van der Waals surface area contributed by atoms with Crippen LogP contribution >= 0.6 is 0 Å². The van der Waals surface area contributed by atoms with Crippen molar-refractivity contribution in [3.05, 3.63) is 71.7 Å². The molecular formula is C24H29N3O4. The third kappa shape index (κ3) is 4.77. The molecule has 1 aromatic carbocycles. The first-order chi connectivity index (χ1) is 14.7. The highest BCUT2D eigenvalue weighted by atomic mass is 16.5. The van der Waals surface area contributed by atoms with Crippen molar-refractivity contribution in [1.29, 1.82) is 0 Å². The molecular weight excluding hydrogens is 394 g/mol. The minimum Gasteiger partial charge on any atom is -0.493 e. The summed E-state index contributed by atoms with van der Waals surface area (Å²) in [7, 11) is 0. The third-order valence-corrected chi connectivity index (χ3v) is 5.43. The fraction of sp³-hybridized carbons (Fsp3) is 0.375. The first-order valence-corrected chi connectivity index (χ1v) is 10.5. The van der Waals surface area contributed by atoms with E-state index in [-0.39, 0.29) is 23.1 Å². The molecule has 1 atom stereocenters. The topological polar surface area (TPSA) is 100 Å². The number of hydrogen-bond donors (Lipinski definition) is 3. The quantitative estimate of drug-likeness (QED) is 0.605. The van der Waals surface area contributed by atoms with Gasteiger partial charge < -0.3 is 9.84 Å². The van der Waals surface area contributed by atoms with Gasteiger partial charge in [-0.05, 0) is 26.7 Å². The molecule has 0 saturated heterocycles. The van der Waals surface area contributed by atoms with Crippen molar-refractivity contribution >= 4 is 17.7 Å². The Balaban J connectivity index is 2.16. The molecule has 0 bridgehead atoms. The number of imide groups is 1. The Morgan fingerprint density at radius 3 is 2.35 bits per heavy atom. The van der Waals surface area contributed by atoms with Crippen molar-refractivity contribution in [3.8, 4) is 0 Å². The van der Waals surface area contributed by atoms with Crippen LogP contribution in [0.1, 0.15) is 51.5 Å². The number of amides is 2. The molecule has 1 heterocycles. The fourth-order valence-electron chi connectivity index (χ4n) is 3.84. The zero-order valence-corrected chi connectivity index (χ0v) is 18.0. The zero-order chi connectivity index (χ0) is 22.6. The number of aliphatic imine (C=N–C) groups is 1. The summed E-state index contributed by atoms with van der Waals surface area (Å²) >= 11 is 0. The van der Waals surface area contributed by atoms with Gasteiger partial charge in [-0.2, -0.15) is 4.99 Å². The van der Waals surface area contributed by atoms with Crippen LogP contribution in [0.5, 0.6) is 0 Å². The van der Waals surface area contributed by atoms with E-state index in [1.807, 2.05) is 18.2 Å². The highest BCUT2D eigenvalue weighted by molar-refractivity contribution is 6.11. The summed E-state index contributed by atoms with van der Waals surface area (Å²) in [4.78, 5) is 29.4. The van der Waals surface area contributed by atoms with Crippen LogP contribution in [0.15, 0.2) is 71.1 Å². The molecule has 1 fully saturated rings. The van der Waals surface area contributed by atoms with E-state index in [1.165, 1.54) is 6.92 Å². The highest BCUT2D eigenvalue weighted by Crippen LogP contribution is 2.39. The van der Waals surface area contributed by atoms with Gasteiger partial charge in [-0.3, -0.25) is 20.2 Å². The highest BCUT2D eigenvalue weighted by Gasteiger charge is 2.49. The number of hydrogen-bond acceptors (Lipinski definition) is 6. The van der Waals surface area contributed by atoms with Gasteiger partial charge in [-0.1, -0.05) is 62.8 Å². The molecule has 7 nitrogen and oxygen atoms in total. The van der Waals surface area contributed by atoms with Gasteiger partial charge in [0.25, 0.3) is 11.8 Å². The number of aliphatic hydroxyl groups is 1. The van der Waals surface area contributed by atoms with E-state index in [1.54, 1.807) is 19.1 Å². The lowest BCUT2D eigenvalue weighted by Gasteiger charge is -2.42. The smallest absolute Gasteiger partial charge is 0.265 e. The second kappa shape index (κ2) is 9.31. The maximum absolute atomic E-state index is 13.2. The molecule has 1 unspecified atom stereocenters. The van der Waals surface area contributed by atoms with Gasteiger partial charge in [0, 0.05) is 22.8 Å². The van der Waals surface area contributed by atoms with E-state index in [2.05, 4.69) is 28.8 Å². The van der Waals surface area contributed by atoms with Crippen LogP contribution < -0.4 is 10.6 Å². The van der Waals surface area contributed by atoms with Crippen LogP contribution in [0, 0.1) is 0 Å². The monoisotopic (exact) mass is 423 g/mol. The van der Waals surface area contributed by atoms with Crippen molar-refractivity contribution in [2.45, 2.75) is 57.7 Å². The minimum atomic E-state index is -1.54. The van der Waals surface area contributed by atoms with Crippen LogP contribution in [0.3, 0.4) is 0 Å². The molecule has 164 valence electrons. The lowest BCUT2D eigenvalue weighted by molar-refractivity contribution is -0.128. The summed E-state index contributed by atoms with van der Waals surface area (Å²) in [6, 6.07) is 9.14. The van der Waals surface area contributed by atoms with Crippen molar-refractivity contribution in [2.24, 2.45) is 4.99 Å². The maximum Gasteiger partial charge on any atom is 0.265 e. The molecule has 2 aliphatic rings. The average molecular weight is 424 g/mol. The first-order valence-electron chi connectivity index (χ1n) is 10.5. The molecule has 3 N–H and O–H groups in total. The number of carbonyl (C=O) groups is 2. The standard InChI is InChI=1S/C24H29N3O4/c1-15(2)20(28)25-21(29)19-22(30)26-23(16(3)4)31-24(19,17-11-7-5-8-12-17)27-18-13-9-6-10-14-18/h5,7-8,11-12,18,27,30H,1,3,6,9-10,13-14H2,2,4H3,(H,25,28,29). The predicted molar refractivity (Wildman–Crippen MR) is 119 cm³/mol. The maximum atomic E-state index is 13.2. The Kier molecular flexibility index (Phi) is 6.75. The summed E-state index contributed by atoms with van der Waals surface area (Å²) in [6.45, 7) is 10.6. The normalized spacial score (nSPS) is 21.7. The number of ether oxygens (including phenoxy) is 1.